The summed E-state index contributed by atoms with van der Waals surface area (Å²) >= 11 is 0. The number of benzene rings is 2. The van der Waals surface area contributed by atoms with Crippen molar-refractivity contribution in [3.05, 3.63) is 54.1 Å². The molecule has 0 fully saturated rings. The normalized spacial score (nSPS) is 11.2. The van der Waals surface area contributed by atoms with Crippen LogP contribution in [-0.4, -0.2) is 20.9 Å². The molecule has 24 heavy (non-hydrogen) atoms. The molecule has 0 saturated carbocycles. The maximum atomic E-state index is 12.1. The fraction of sp³-hybridized carbons (Fsp3) is 0.235. The molecule has 0 aliphatic carbocycles. The predicted molar refractivity (Wildman–Crippen MR) is 87.1 cm³/mol. The Labute approximate surface area is 141 Å². The van der Waals surface area contributed by atoms with Gasteiger partial charge in [0.15, 0.2) is 0 Å². The van der Waals surface area contributed by atoms with Crippen molar-refractivity contribution in [2.75, 3.05) is 6.54 Å². The summed E-state index contributed by atoms with van der Waals surface area (Å²) in [5.41, 5.74) is 0.976. The van der Waals surface area contributed by atoms with E-state index < -0.39 is 16.0 Å². The average Bonchev–Trinajstić information content (AvgIpc) is 2.54. The van der Waals surface area contributed by atoms with Gasteiger partial charge in [0.25, 0.3) is 0 Å². The first kappa shape index (κ1) is 18.0. The number of nitrogens with one attached hydrogen (secondary N) is 1. The number of hydrogen-bond acceptors (Lipinski definition) is 5. The molecule has 0 aliphatic heterocycles. The minimum atomic E-state index is -3.67. The monoisotopic (exact) mass is 348 g/mol. The molecule has 0 radical (unpaired) electrons. The van der Waals surface area contributed by atoms with Gasteiger partial charge in [-0.15, -0.1) is 0 Å². The van der Waals surface area contributed by atoms with Crippen molar-refractivity contribution in [2.45, 2.75) is 24.7 Å². The highest BCUT2D eigenvalue weighted by Gasteiger charge is 2.13. The molecular formula is C17H18NO5S-. The summed E-state index contributed by atoms with van der Waals surface area (Å²) in [5, 5.41) is 10.3. The number of carboxylic acid groups (broad SMARTS) is 1. The van der Waals surface area contributed by atoms with Gasteiger partial charge in [-0.1, -0.05) is 18.2 Å². The van der Waals surface area contributed by atoms with Gasteiger partial charge in [-0.25, -0.2) is 13.1 Å². The van der Waals surface area contributed by atoms with Gasteiger partial charge in [-0.2, -0.15) is 0 Å². The number of sulfonamides is 1. The topological polar surface area (TPSA) is 95.5 Å². The van der Waals surface area contributed by atoms with Crippen molar-refractivity contribution >= 4 is 16.0 Å². The Kier molecular flexibility index (Phi) is 5.94. The first-order valence-corrected chi connectivity index (χ1v) is 8.90. The maximum Gasteiger partial charge on any atom is 0.240 e. The van der Waals surface area contributed by atoms with Crippen LogP contribution < -0.4 is 14.6 Å². The van der Waals surface area contributed by atoms with Crippen molar-refractivity contribution in [1.29, 1.82) is 0 Å². The van der Waals surface area contributed by atoms with Crippen molar-refractivity contribution in [3.63, 3.8) is 0 Å². The van der Waals surface area contributed by atoms with Crippen LogP contribution in [0.3, 0.4) is 0 Å². The van der Waals surface area contributed by atoms with E-state index in [1.165, 1.54) is 12.1 Å². The van der Waals surface area contributed by atoms with Gasteiger partial charge in [0, 0.05) is 12.5 Å². The van der Waals surface area contributed by atoms with Gasteiger partial charge in [0.2, 0.25) is 10.0 Å². The smallest absolute Gasteiger partial charge is 0.240 e. The van der Waals surface area contributed by atoms with Gasteiger partial charge in [-0.3, -0.25) is 0 Å². The summed E-state index contributed by atoms with van der Waals surface area (Å²) < 4.78 is 32.2. The summed E-state index contributed by atoms with van der Waals surface area (Å²) in [6.45, 7) is 1.96. The molecule has 7 heteroatoms. The second-order valence-electron chi connectivity index (χ2n) is 5.21. The average molecular weight is 348 g/mol. The fourth-order valence-corrected chi connectivity index (χ4v) is 3.08. The molecule has 0 aromatic heterocycles. The SMILES string of the molecule is Cc1ccccc1Oc1ccc(S(=O)(=O)NCCCC(=O)[O-])cc1. The van der Waals surface area contributed by atoms with E-state index in [0.717, 1.165) is 5.56 Å². The van der Waals surface area contributed by atoms with Crippen LogP contribution in [0.4, 0.5) is 0 Å². The van der Waals surface area contributed by atoms with E-state index in [1.54, 1.807) is 12.1 Å². The van der Waals surface area contributed by atoms with Crippen LogP contribution in [0.5, 0.6) is 11.5 Å². The highest BCUT2D eigenvalue weighted by molar-refractivity contribution is 7.89. The Hall–Kier alpha value is -2.38. The van der Waals surface area contributed by atoms with Crippen LogP contribution in [0.15, 0.2) is 53.4 Å². The van der Waals surface area contributed by atoms with Gasteiger partial charge < -0.3 is 14.6 Å². The predicted octanol–water partition coefficient (Wildman–Crippen LogP) is 1.60. The zero-order chi connectivity index (χ0) is 17.6. The first-order chi connectivity index (χ1) is 11.4. The molecule has 0 saturated heterocycles. The Morgan fingerprint density at radius 1 is 1.12 bits per heavy atom. The third-order valence-corrected chi connectivity index (χ3v) is 4.78. The van der Waals surface area contributed by atoms with Gasteiger partial charge >= 0.3 is 0 Å². The van der Waals surface area contributed by atoms with Crippen molar-refractivity contribution in [2.24, 2.45) is 0 Å². The standard InChI is InChI=1S/C17H19NO5S/c1-13-5-2-3-6-16(13)23-14-8-10-15(11-9-14)24(21,22)18-12-4-7-17(19)20/h2-3,5-6,8-11,18H,4,7,12H2,1H3,(H,19,20)/p-1. The Bertz CT molecular complexity index is 800. The number of carbonyl (C=O) groups excluding carboxylic acids is 1. The van der Waals surface area contributed by atoms with Crippen molar-refractivity contribution in [3.8, 4) is 11.5 Å². The van der Waals surface area contributed by atoms with Crippen LogP contribution in [0, 0.1) is 6.92 Å². The number of carbonyl (C=O) groups is 1. The van der Waals surface area contributed by atoms with Crippen LogP contribution in [0.25, 0.3) is 0 Å². The third-order valence-electron chi connectivity index (χ3n) is 3.31. The second kappa shape index (κ2) is 7.94. The molecule has 0 bridgehead atoms. The summed E-state index contributed by atoms with van der Waals surface area (Å²) in [7, 11) is -3.67. The van der Waals surface area contributed by atoms with Crippen molar-refractivity contribution < 1.29 is 23.1 Å². The molecule has 2 aromatic carbocycles. The van der Waals surface area contributed by atoms with Crippen molar-refractivity contribution in [1.82, 2.24) is 4.72 Å². The van der Waals surface area contributed by atoms with E-state index in [9.17, 15) is 18.3 Å². The van der Waals surface area contributed by atoms with Crippen LogP contribution >= 0.6 is 0 Å². The van der Waals surface area contributed by atoms with E-state index in [0.29, 0.717) is 11.5 Å². The molecule has 0 unspecified atom stereocenters. The molecule has 128 valence electrons. The maximum absolute atomic E-state index is 12.1. The summed E-state index contributed by atoms with van der Waals surface area (Å²) in [6, 6.07) is 13.5. The highest BCUT2D eigenvalue weighted by Crippen LogP contribution is 2.25. The lowest BCUT2D eigenvalue weighted by atomic mass is 10.2. The zero-order valence-corrected chi connectivity index (χ0v) is 14.0. The molecule has 6 nitrogen and oxygen atoms in total. The summed E-state index contributed by atoms with van der Waals surface area (Å²) in [6.07, 6.45) is -0.0121. The lowest BCUT2D eigenvalue weighted by molar-refractivity contribution is -0.305. The molecule has 0 atom stereocenters. The number of aliphatic carboxylic acids is 1. The Morgan fingerprint density at radius 3 is 2.42 bits per heavy atom. The minimum absolute atomic E-state index is 0.0395. The van der Waals surface area contributed by atoms with Gasteiger partial charge in [0.1, 0.15) is 11.5 Å². The molecule has 0 amide bonds. The quantitative estimate of drug-likeness (QED) is 0.731. The lowest BCUT2D eigenvalue weighted by Crippen LogP contribution is -2.27. The van der Waals surface area contributed by atoms with E-state index in [1.807, 2.05) is 31.2 Å². The molecule has 0 heterocycles. The van der Waals surface area contributed by atoms with E-state index in [-0.39, 0.29) is 24.3 Å². The Balaban J connectivity index is 2.00. The molecule has 2 aromatic rings. The number of hydrogen-bond donors (Lipinski definition) is 1. The highest BCUT2D eigenvalue weighted by atomic mass is 32.2. The number of ether oxygens (including phenoxy) is 1. The molecule has 1 N–H and O–H groups in total. The van der Waals surface area contributed by atoms with Crippen LogP contribution in [-0.2, 0) is 14.8 Å². The third kappa shape index (κ3) is 5.07. The van der Waals surface area contributed by atoms with E-state index >= 15 is 0 Å². The van der Waals surface area contributed by atoms with E-state index in [2.05, 4.69) is 4.72 Å². The second-order valence-corrected chi connectivity index (χ2v) is 6.98. The number of para-hydroxylation sites is 1. The molecule has 2 rings (SSSR count). The van der Waals surface area contributed by atoms with Gasteiger partial charge in [0.05, 0.1) is 4.90 Å². The van der Waals surface area contributed by atoms with Crippen LogP contribution in [0.1, 0.15) is 18.4 Å². The zero-order valence-electron chi connectivity index (χ0n) is 13.2. The number of rotatable bonds is 8. The molecule has 0 aliphatic rings. The van der Waals surface area contributed by atoms with Crippen LogP contribution in [0.2, 0.25) is 0 Å². The molecular weight excluding hydrogens is 330 g/mol. The first-order valence-electron chi connectivity index (χ1n) is 7.41. The van der Waals surface area contributed by atoms with Gasteiger partial charge in [-0.05, 0) is 55.7 Å². The minimum Gasteiger partial charge on any atom is -0.550 e. The summed E-state index contributed by atoms with van der Waals surface area (Å²) in [4.78, 5) is 10.4. The number of carboxylic acids is 1. The lowest BCUT2D eigenvalue weighted by Gasteiger charge is -2.10. The largest absolute Gasteiger partial charge is 0.550 e. The molecule has 0 spiro atoms. The number of aryl methyl sites for hydroxylation is 1. The fourth-order valence-electron chi connectivity index (χ4n) is 2.01. The Morgan fingerprint density at radius 2 is 1.79 bits per heavy atom. The summed E-state index contributed by atoms with van der Waals surface area (Å²) in [5.74, 6) is 0.0284. The van der Waals surface area contributed by atoms with E-state index in [4.69, 9.17) is 4.74 Å².